The van der Waals surface area contributed by atoms with Crippen molar-refractivity contribution in [1.82, 2.24) is 0 Å². The van der Waals surface area contributed by atoms with Crippen LogP contribution in [0.1, 0.15) is 18.9 Å². The Balaban J connectivity index is 2.11. The van der Waals surface area contributed by atoms with E-state index in [0.717, 1.165) is 22.7 Å². The van der Waals surface area contributed by atoms with Crippen molar-refractivity contribution in [2.45, 2.75) is 20.3 Å². The molecule has 0 amide bonds. The number of aryl methyl sites for hydroxylation is 1. The zero-order chi connectivity index (χ0) is 14.0. The number of aliphatic carboxylic acids is 1. The lowest BCUT2D eigenvalue weighted by atomic mass is 10.1. The van der Waals surface area contributed by atoms with Gasteiger partial charge in [-0.1, -0.05) is 6.92 Å². The molecule has 0 bridgehead atoms. The minimum atomic E-state index is -0.761. The molecule has 104 valence electrons. The first kappa shape index (κ1) is 13.5. The van der Waals surface area contributed by atoms with Crippen LogP contribution in [0.4, 0.5) is 5.69 Å². The number of fused-ring (bicyclic) bond motifs is 1. The number of carbonyl (C=O) groups is 1. The molecule has 0 spiro atoms. The molecule has 0 saturated heterocycles. The second-order valence-electron chi connectivity index (χ2n) is 5.08. The van der Waals surface area contributed by atoms with Gasteiger partial charge in [0.05, 0.1) is 0 Å². The second-order valence-corrected chi connectivity index (χ2v) is 5.08. The zero-order valence-electron chi connectivity index (χ0n) is 11.5. The number of rotatable bonds is 5. The van der Waals surface area contributed by atoms with Crippen molar-refractivity contribution in [2.75, 3.05) is 25.3 Å². The smallest absolute Gasteiger partial charge is 0.303 e. The maximum Gasteiger partial charge on any atom is 0.303 e. The van der Waals surface area contributed by atoms with Gasteiger partial charge in [0.25, 0.3) is 0 Å². The summed E-state index contributed by atoms with van der Waals surface area (Å²) in [5.74, 6) is 0.849. The third-order valence-electron chi connectivity index (χ3n) is 3.21. The van der Waals surface area contributed by atoms with Gasteiger partial charge >= 0.3 is 5.97 Å². The number of benzene rings is 1. The van der Waals surface area contributed by atoms with E-state index in [9.17, 15) is 4.79 Å². The van der Waals surface area contributed by atoms with Gasteiger partial charge in [-0.25, -0.2) is 0 Å². The standard InChI is InChI=1S/C14H19NO4/c1-9(4-14(16)17)7-15(3)11-6-13-12(5-10(11)2)18-8-19-13/h5-6,9H,4,7-8H2,1-3H3,(H,16,17). The van der Waals surface area contributed by atoms with Crippen molar-refractivity contribution in [2.24, 2.45) is 5.92 Å². The molecule has 1 N–H and O–H groups in total. The van der Waals surface area contributed by atoms with Crippen LogP contribution in [0, 0.1) is 12.8 Å². The molecule has 1 aliphatic heterocycles. The molecular formula is C14H19NO4. The molecule has 1 aromatic rings. The largest absolute Gasteiger partial charge is 0.481 e. The number of hydrogen-bond donors (Lipinski definition) is 1. The third-order valence-corrected chi connectivity index (χ3v) is 3.21. The predicted octanol–water partition coefficient (Wildman–Crippen LogP) is 2.27. The fraction of sp³-hybridized carbons (Fsp3) is 0.500. The maximum atomic E-state index is 10.7. The Morgan fingerprint density at radius 2 is 2.05 bits per heavy atom. The highest BCUT2D eigenvalue weighted by Gasteiger charge is 2.18. The van der Waals surface area contributed by atoms with Gasteiger partial charge in [-0.15, -0.1) is 0 Å². The first-order chi connectivity index (χ1) is 8.97. The van der Waals surface area contributed by atoms with Gasteiger partial charge in [-0.2, -0.15) is 0 Å². The SMILES string of the molecule is Cc1cc2c(cc1N(C)CC(C)CC(=O)O)OCO2. The molecule has 1 heterocycles. The minimum absolute atomic E-state index is 0.0901. The Bertz CT molecular complexity index is 487. The topological polar surface area (TPSA) is 59.0 Å². The summed E-state index contributed by atoms with van der Waals surface area (Å²) in [5, 5.41) is 8.79. The van der Waals surface area contributed by atoms with Gasteiger partial charge < -0.3 is 19.5 Å². The normalized spacial score (nSPS) is 14.3. The molecule has 19 heavy (non-hydrogen) atoms. The van der Waals surface area contributed by atoms with Gasteiger partial charge in [-0.3, -0.25) is 4.79 Å². The van der Waals surface area contributed by atoms with Crippen LogP contribution in [0.25, 0.3) is 0 Å². The van der Waals surface area contributed by atoms with Crippen molar-refractivity contribution in [1.29, 1.82) is 0 Å². The summed E-state index contributed by atoms with van der Waals surface area (Å²) >= 11 is 0. The quantitative estimate of drug-likeness (QED) is 0.885. The van der Waals surface area contributed by atoms with E-state index in [0.29, 0.717) is 6.54 Å². The summed E-state index contributed by atoms with van der Waals surface area (Å²) in [4.78, 5) is 12.8. The van der Waals surface area contributed by atoms with Gasteiger partial charge in [0.2, 0.25) is 6.79 Å². The highest BCUT2D eigenvalue weighted by Crippen LogP contribution is 2.37. The highest BCUT2D eigenvalue weighted by atomic mass is 16.7. The van der Waals surface area contributed by atoms with Crippen molar-refractivity contribution in [3.05, 3.63) is 17.7 Å². The molecule has 1 atom stereocenters. The molecule has 5 nitrogen and oxygen atoms in total. The zero-order valence-corrected chi connectivity index (χ0v) is 11.5. The molecule has 0 fully saturated rings. The van der Waals surface area contributed by atoms with E-state index >= 15 is 0 Å². The maximum absolute atomic E-state index is 10.7. The number of hydrogen-bond acceptors (Lipinski definition) is 4. The van der Waals surface area contributed by atoms with Crippen molar-refractivity contribution >= 4 is 11.7 Å². The highest BCUT2D eigenvalue weighted by molar-refractivity contribution is 5.67. The average molecular weight is 265 g/mol. The van der Waals surface area contributed by atoms with E-state index in [1.54, 1.807) is 0 Å². The molecule has 0 saturated carbocycles. The van der Waals surface area contributed by atoms with Gasteiger partial charge in [0.1, 0.15) is 0 Å². The molecule has 0 aliphatic carbocycles. The Morgan fingerprint density at radius 1 is 1.42 bits per heavy atom. The molecule has 2 rings (SSSR count). The lowest BCUT2D eigenvalue weighted by Gasteiger charge is -2.24. The summed E-state index contributed by atoms with van der Waals surface area (Å²) < 4.78 is 10.7. The van der Waals surface area contributed by atoms with Crippen molar-refractivity contribution in [3.63, 3.8) is 0 Å². The summed E-state index contributed by atoms with van der Waals surface area (Å²) in [7, 11) is 1.96. The fourth-order valence-corrected chi connectivity index (χ4v) is 2.37. The average Bonchev–Trinajstić information content (AvgIpc) is 2.73. The molecule has 0 aromatic heterocycles. The van der Waals surface area contributed by atoms with Gasteiger partial charge in [-0.05, 0) is 24.5 Å². The van der Waals surface area contributed by atoms with Crippen LogP contribution in [-0.2, 0) is 4.79 Å². The number of nitrogens with zero attached hydrogens (tertiary/aromatic N) is 1. The summed E-state index contributed by atoms with van der Waals surface area (Å²) in [6, 6.07) is 3.90. The lowest BCUT2D eigenvalue weighted by Crippen LogP contribution is -2.25. The van der Waals surface area contributed by atoms with E-state index in [-0.39, 0.29) is 19.1 Å². The molecule has 1 aliphatic rings. The molecular weight excluding hydrogens is 246 g/mol. The summed E-state index contributed by atoms with van der Waals surface area (Å²) in [6.07, 6.45) is 0.175. The number of anilines is 1. The van der Waals surface area contributed by atoms with E-state index in [1.165, 1.54) is 0 Å². The summed E-state index contributed by atoms with van der Waals surface area (Å²) in [6.45, 7) is 4.90. The van der Waals surface area contributed by atoms with Crippen LogP contribution in [0.2, 0.25) is 0 Å². The van der Waals surface area contributed by atoms with Gasteiger partial charge in [0, 0.05) is 31.8 Å². The summed E-state index contributed by atoms with van der Waals surface area (Å²) in [5.41, 5.74) is 2.13. The molecule has 5 heteroatoms. The van der Waals surface area contributed by atoms with E-state index in [2.05, 4.69) is 4.90 Å². The first-order valence-corrected chi connectivity index (χ1v) is 6.30. The van der Waals surface area contributed by atoms with Crippen LogP contribution in [0.15, 0.2) is 12.1 Å². The van der Waals surface area contributed by atoms with Crippen LogP contribution in [-0.4, -0.2) is 31.5 Å². The van der Waals surface area contributed by atoms with E-state index in [1.807, 2.05) is 33.0 Å². The monoisotopic (exact) mass is 265 g/mol. The molecule has 0 radical (unpaired) electrons. The van der Waals surface area contributed by atoms with Crippen LogP contribution in [0.3, 0.4) is 0 Å². The van der Waals surface area contributed by atoms with Crippen molar-refractivity contribution in [3.8, 4) is 11.5 Å². The Hall–Kier alpha value is -1.91. The Kier molecular flexibility index (Phi) is 3.83. The number of carboxylic acid groups (broad SMARTS) is 1. The van der Waals surface area contributed by atoms with E-state index < -0.39 is 5.97 Å². The second kappa shape index (κ2) is 5.38. The van der Waals surface area contributed by atoms with E-state index in [4.69, 9.17) is 14.6 Å². The predicted molar refractivity (Wildman–Crippen MR) is 72.0 cm³/mol. The fourth-order valence-electron chi connectivity index (χ4n) is 2.37. The van der Waals surface area contributed by atoms with Crippen LogP contribution >= 0.6 is 0 Å². The lowest BCUT2D eigenvalue weighted by molar-refractivity contribution is -0.137. The molecule has 1 aromatic carbocycles. The Labute approximate surface area is 112 Å². The van der Waals surface area contributed by atoms with Crippen LogP contribution < -0.4 is 14.4 Å². The minimum Gasteiger partial charge on any atom is -0.481 e. The van der Waals surface area contributed by atoms with Gasteiger partial charge in [0.15, 0.2) is 11.5 Å². The van der Waals surface area contributed by atoms with Crippen LogP contribution in [0.5, 0.6) is 11.5 Å². The number of carboxylic acids is 1. The molecule has 1 unspecified atom stereocenters. The first-order valence-electron chi connectivity index (χ1n) is 6.30. The third kappa shape index (κ3) is 3.10. The Morgan fingerprint density at radius 3 is 2.68 bits per heavy atom. The number of ether oxygens (including phenoxy) is 2. The van der Waals surface area contributed by atoms with Crippen molar-refractivity contribution < 1.29 is 19.4 Å².